The second kappa shape index (κ2) is 9.41. The Balaban J connectivity index is 1.54. The highest BCUT2D eigenvalue weighted by Gasteiger charge is 2.30. The van der Waals surface area contributed by atoms with Crippen LogP contribution in [0.3, 0.4) is 0 Å². The molecule has 0 unspecified atom stereocenters. The molecule has 170 valence electrons. The summed E-state index contributed by atoms with van der Waals surface area (Å²) in [6, 6.07) is 3.42. The minimum Gasteiger partial charge on any atom is -0.377 e. The van der Waals surface area contributed by atoms with E-state index in [1.165, 1.54) is 17.6 Å². The Hall–Kier alpha value is -2.73. The highest BCUT2D eigenvalue weighted by Crippen LogP contribution is 2.33. The lowest BCUT2D eigenvalue weighted by molar-refractivity contribution is -0.0211. The number of nitrogens with two attached hydrogens (primary N) is 1. The second-order valence-electron chi connectivity index (χ2n) is 7.49. The standard InChI is InChI=1S/C21H23F2N5O3S/c1-28-19(16-7-6-13(24)17(30-2)9-31-16)14(8-25-28)26-20(29)15-10-32-21(27-15)18-11(22)4-3-5-12(18)23/h3-5,8,10,13,16-17H,6-7,9,24H2,1-2H3,(H,26,29)/t13-,16+,17-/m1/s1. The SMILES string of the molecule is CO[C@@H]1CO[C@H](c2c(NC(=O)c3csc(-c4c(F)cccc4F)n3)cnn2C)CC[C@H]1N. The third kappa shape index (κ3) is 4.42. The maximum Gasteiger partial charge on any atom is 0.275 e. The molecule has 2 aromatic heterocycles. The summed E-state index contributed by atoms with van der Waals surface area (Å²) < 4.78 is 41.1. The van der Waals surface area contributed by atoms with E-state index in [4.69, 9.17) is 15.2 Å². The zero-order valence-electron chi connectivity index (χ0n) is 17.5. The van der Waals surface area contributed by atoms with Gasteiger partial charge in [-0.15, -0.1) is 11.3 Å². The Morgan fingerprint density at radius 1 is 1.34 bits per heavy atom. The van der Waals surface area contributed by atoms with Crippen LogP contribution >= 0.6 is 11.3 Å². The summed E-state index contributed by atoms with van der Waals surface area (Å²) in [6.45, 7) is 0.324. The van der Waals surface area contributed by atoms with Gasteiger partial charge in [0.15, 0.2) is 0 Å². The van der Waals surface area contributed by atoms with Crippen LogP contribution < -0.4 is 11.1 Å². The van der Waals surface area contributed by atoms with Crippen LogP contribution in [0.1, 0.15) is 35.1 Å². The lowest BCUT2D eigenvalue weighted by Crippen LogP contribution is -2.37. The molecule has 1 saturated heterocycles. The third-order valence-corrected chi connectivity index (χ3v) is 6.32. The Bertz CT molecular complexity index is 1100. The molecular formula is C21H23F2N5O3S. The number of carbonyl (C=O) groups excluding carboxylic acids is 1. The molecule has 11 heteroatoms. The molecular weight excluding hydrogens is 440 g/mol. The van der Waals surface area contributed by atoms with Gasteiger partial charge in [-0.25, -0.2) is 13.8 Å². The maximum absolute atomic E-state index is 14.1. The zero-order chi connectivity index (χ0) is 22.8. The zero-order valence-corrected chi connectivity index (χ0v) is 18.4. The van der Waals surface area contributed by atoms with E-state index in [1.54, 1.807) is 18.8 Å². The van der Waals surface area contributed by atoms with Gasteiger partial charge >= 0.3 is 0 Å². The molecule has 32 heavy (non-hydrogen) atoms. The summed E-state index contributed by atoms with van der Waals surface area (Å²) in [4.78, 5) is 16.9. The van der Waals surface area contributed by atoms with E-state index in [-0.39, 0.29) is 34.5 Å². The minimum absolute atomic E-state index is 0.0470. The molecule has 1 aliphatic rings. The number of nitrogens with one attached hydrogen (secondary N) is 1. The van der Waals surface area contributed by atoms with Crippen molar-refractivity contribution in [1.82, 2.24) is 14.8 Å². The molecule has 0 bridgehead atoms. The number of halogens is 2. The fourth-order valence-corrected chi connectivity index (χ4v) is 4.56. The van der Waals surface area contributed by atoms with Crippen LogP contribution in [0.5, 0.6) is 0 Å². The predicted octanol–water partition coefficient (Wildman–Crippen LogP) is 3.27. The summed E-state index contributed by atoms with van der Waals surface area (Å²) in [5, 5.41) is 8.58. The molecule has 3 aromatic rings. The number of aromatic nitrogens is 3. The number of benzene rings is 1. The fraction of sp³-hybridized carbons (Fsp3) is 0.381. The van der Waals surface area contributed by atoms with Gasteiger partial charge in [-0.2, -0.15) is 5.10 Å². The van der Waals surface area contributed by atoms with Gasteiger partial charge in [-0.1, -0.05) is 6.07 Å². The summed E-state index contributed by atoms with van der Waals surface area (Å²) in [5.41, 5.74) is 7.11. The molecule has 0 saturated carbocycles. The molecule has 4 rings (SSSR count). The molecule has 0 spiro atoms. The van der Waals surface area contributed by atoms with E-state index in [9.17, 15) is 13.6 Å². The lowest BCUT2D eigenvalue weighted by atomic mass is 10.0. The van der Waals surface area contributed by atoms with E-state index in [0.29, 0.717) is 30.8 Å². The first-order valence-corrected chi connectivity index (χ1v) is 10.9. The smallest absolute Gasteiger partial charge is 0.275 e. The first-order chi connectivity index (χ1) is 15.4. The van der Waals surface area contributed by atoms with Crippen LogP contribution in [0.2, 0.25) is 0 Å². The van der Waals surface area contributed by atoms with Gasteiger partial charge < -0.3 is 20.5 Å². The molecule has 8 nitrogen and oxygen atoms in total. The van der Waals surface area contributed by atoms with Crippen LogP contribution in [-0.4, -0.2) is 46.5 Å². The predicted molar refractivity (Wildman–Crippen MR) is 115 cm³/mol. The van der Waals surface area contributed by atoms with Crippen LogP contribution in [0.25, 0.3) is 10.6 Å². The quantitative estimate of drug-likeness (QED) is 0.602. The van der Waals surface area contributed by atoms with Crippen molar-refractivity contribution in [1.29, 1.82) is 0 Å². The van der Waals surface area contributed by atoms with Crippen molar-refractivity contribution in [3.63, 3.8) is 0 Å². The lowest BCUT2D eigenvalue weighted by Gasteiger charge is -2.19. The van der Waals surface area contributed by atoms with Crippen molar-refractivity contribution in [2.45, 2.75) is 31.1 Å². The van der Waals surface area contributed by atoms with E-state index in [1.807, 2.05) is 0 Å². The van der Waals surface area contributed by atoms with Gasteiger partial charge in [0, 0.05) is 25.6 Å². The number of amides is 1. The number of hydrogen-bond acceptors (Lipinski definition) is 7. The number of thiazole rings is 1. The number of ether oxygens (including phenoxy) is 2. The van der Waals surface area contributed by atoms with E-state index >= 15 is 0 Å². The normalized spacial score (nSPS) is 21.3. The van der Waals surface area contributed by atoms with Gasteiger partial charge in [0.1, 0.15) is 28.4 Å². The number of nitrogens with zero attached hydrogens (tertiary/aromatic N) is 3. The largest absolute Gasteiger partial charge is 0.377 e. The Labute approximate surface area is 187 Å². The monoisotopic (exact) mass is 463 g/mol. The van der Waals surface area contributed by atoms with E-state index < -0.39 is 17.5 Å². The summed E-state index contributed by atoms with van der Waals surface area (Å²) in [6.07, 6.45) is 2.31. The molecule has 3 atom stereocenters. The fourth-order valence-electron chi connectivity index (χ4n) is 3.71. The molecule has 3 N–H and O–H groups in total. The van der Waals surface area contributed by atoms with E-state index in [2.05, 4.69) is 15.4 Å². The number of aryl methyl sites for hydroxylation is 1. The first-order valence-electron chi connectivity index (χ1n) is 10.0. The maximum atomic E-state index is 14.1. The molecule has 1 aromatic carbocycles. The molecule has 3 heterocycles. The average molecular weight is 464 g/mol. The number of rotatable bonds is 5. The Kier molecular flexibility index (Phi) is 6.60. The van der Waals surface area contributed by atoms with Crippen molar-refractivity contribution in [3.8, 4) is 10.6 Å². The van der Waals surface area contributed by atoms with E-state index in [0.717, 1.165) is 23.5 Å². The second-order valence-corrected chi connectivity index (χ2v) is 8.35. The molecule has 1 fully saturated rings. The summed E-state index contributed by atoms with van der Waals surface area (Å²) in [5.74, 6) is -1.99. The molecule has 0 aliphatic carbocycles. The van der Waals surface area contributed by atoms with Crippen LogP contribution in [-0.2, 0) is 16.5 Å². The topological polar surface area (TPSA) is 104 Å². The Morgan fingerprint density at radius 3 is 2.81 bits per heavy atom. The van der Waals surface area contributed by atoms with Crippen molar-refractivity contribution < 1.29 is 23.0 Å². The molecule has 1 aliphatic heterocycles. The van der Waals surface area contributed by atoms with Crippen molar-refractivity contribution >= 4 is 22.9 Å². The highest BCUT2D eigenvalue weighted by molar-refractivity contribution is 7.13. The van der Waals surface area contributed by atoms with Crippen molar-refractivity contribution in [3.05, 3.63) is 52.8 Å². The number of hydrogen-bond donors (Lipinski definition) is 2. The van der Waals surface area contributed by atoms with Gasteiger partial charge in [0.05, 0.1) is 35.9 Å². The van der Waals surface area contributed by atoms with Crippen molar-refractivity contribution in [2.75, 3.05) is 19.0 Å². The Morgan fingerprint density at radius 2 is 2.09 bits per heavy atom. The first kappa shape index (κ1) is 22.5. The van der Waals surface area contributed by atoms with Crippen LogP contribution in [0.4, 0.5) is 14.5 Å². The van der Waals surface area contributed by atoms with Crippen LogP contribution in [0.15, 0.2) is 29.8 Å². The van der Waals surface area contributed by atoms with Crippen LogP contribution in [0, 0.1) is 11.6 Å². The summed E-state index contributed by atoms with van der Waals surface area (Å²) >= 11 is 0.988. The average Bonchev–Trinajstić information content (AvgIpc) is 3.33. The minimum atomic E-state index is -0.737. The number of anilines is 1. The molecule has 0 radical (unpaired) electrons. The van der Waals surface area contributed by atoms with Gasteiger partial charge in [-0.3, -0.25) is 9.48 Å². The van der Waals surface area contributed by atoms with Gasteiger partial charge in [0.2, 0.25) is 0 Å². The molecule has 1 amide bonds. The van der Waals surface area contributed by atoms with Gasteiger partial charge in [0.25, 0.3) is 5.91 Å². The third-order valence-electron chi connectivity index (χ3n) is 5.46. The highest BCUT2D eigenvalue weighted by atomic mass is 32.1. The van der Waals surface area contributed by atoms with Gasteiger partial charge in [-0.05, 0) is 25.0 Å². The number of carbonyl (C=O) groups is 1. The number of methoxy groups -OCH3 is 1. The van der Waals surface area contributed by atoms with Crippen molar-refractivity contribution in [2.24, 2.45) is 12.8 Å². The summed E-state index contributed by atoms with van der Waals surface area (Å²) in [7, 11) is 3.36.